The molecule has 0 saturated heterocycles. The summed E-state index contributed by atoms with van der Waals surface area (Å²) in [6.07, 6.45) is 17.2. The largest absolute Gasteiger partial charge is 0.463 e. The molecule has 1 unspecified atom stereocenters. The van der Waals surface area contributed by atoms with E-state index in [9.17, 15) is 4.79 Å². The fraction of sp³-hybridized carbons (Fsp3) is 0.944. The van der Waals surface area contributed by atoms with Crippen molar-refractivity contribution in [1.82, 2.24) is 0 Å². The van der Waals surface area contributed by atoms with Crippen LogP contribution in [0.2, 0.25) is 0 Å². The molecule has 0 aromatic carbocycles. The van der Waals surface area contributed by atoms with Crippen molar-refractivity contribution < 1.29 is 9.53 Å². The van der Waals surface area contributed by atoms with Gasteiger partial charge in [-0.3, -0.25) is 4.79 Å². The molecule has 0 aromatic rings. The van der Waals surface area contributed by atoms with Crippen LogP contribution in [0.1, 0.15) is 97.3 Å². The summed E-state index contributed by atoms with van der Waals surface area (Å²) in [7, 11) is 0. The molecule has 1 aliphatic rings. The molecule has 0 radical (unpaired) electrons. The quantitative estimate of drug-likeness (QED) is 0.582. The number of esters is 1. The molecule has 2 heteroatoms. The first-order valence-corrected chi connectivity index (χ1v) is 8.85. The van der Waals surface area contributed by atoms with Crippen molar-refractivity contribution in [2.45, 2.75) is 103 Å². The van der Waals surface area contributed by atoms with Gasteiger partial charge in [0.2, 0.25) is 0 Å². The predicted octanol–water partition coefficient (Wildman–Crippen LogP) is 5.64. The smallest absolute Gasteiger partial charge is 0.302 e. The van der Waals surface area contributed by atoms with Gasteiger partial charge in [0, 0.05) is 6.92 Å². The highest BCUT2D eigenvalue weighted by molar-refractivity contribution is 5.66. The van der Waals surface area contributed by atoms with Crippen molar-refractivity contribution in [3.8, 4) is 0 Å². The van der Waals surface area contributed by atoms with Crippen LogP contribution in [-0.2, 0) is 9.53 Å². The maximum Gasteiger partial charge on any atom is 0.302 e. The van der Waals surface area contributed by atoms with Crippen molar-refractivity contribution in [3.63, 3.8) is 0 Å². The minimum atomic E-state index is -0.111. The third-order valence-corrected chi connectivity index (χ3v) is 4.47. The summed E-state index contributed by atoms with van der Waals surface area (Å²) in [5, 5.41) is 0. The average Bonchev–Trinajstić information content (AvgIpc) is 2.39. The maximum atomic E-state index is 11.2. The van der Waals surface area contributed by atoms with E-state index in [0.29, 0.717) is 5.92 Å². The van der Waals surface area contributed by atoms with Gasteiger partial charge in [0.25, 0.3) is 0 Å². The second-order valence-corrected chi connectivity index (χ2v) is 6.69. The van der Waals surface area contributed by atoms with Gasteiger partial charge in [-0.25, -0.2) is 0 Å². The molecule has 1 fully saturated rings. The zero-order chi connectivity index (χ0) is 14.6. The third kappa shape index (κ3) is 9.39. The molecule has 118 valence electrons. The van der Waals surface area contributed by atoms with Gasteiger partial charge in [-0.1, -0.05) is 71.1 Å². The lowest BCUT2D eigenvalue weighted by molar-refractivity contribution is -0.147. The average molecular weight is 282 g/mol. The highest BCUT2D eigenvalue weighted by Crippen LogP contribution is 2.22. The van der Waals surface area contributed by atoms with E-state index < -0.39 is 0 Å². The number of carbonyl (C=O) groups is 1. The zero-order valence-electron chi connectivity index (χ0n) is 13.7. The number of rotatable bonds is 1. The van der Waals surface area contributed by atoms with Gasteiger partial charge in [-0.15, -0.1) is 0 Å². The summed E-state index contributed by atoms with van der Waals surface area (Å²) in [6, 6.07) is 0. The second kappa shape index (κ2) is 11.2. The molecule has 20 heavy (non-hydrogen) atoms. The van der Waals surface area contributed by atoms with E-state index in [2.05, 4.69) is 6.92 Å². The molecular formula is C18H34O2. The van der Waals surface area contributed by atoms with Gasteiger partial charge >= 0.3 is 5.97 Å². The van der Waals surface area contributed by atoms with E-state index in [-0.39, 0.29) is 12.1 Å². The van der Waals surface area contributed by atoms with Crippen LogP contribution >= 0.6 is 0 Å². The second-order valence-electron chi connectivity index (χ2n) is 6.69. The van der Waals surface area contributed by atoms with Gasteiger partial charge < -0.3 is 4.74 Å². The molecule has 0 N–H and O–H groups in total. The molecule has 1 aliphatic carbocycles. The Hall–Kier alpha value is -0.530. The van der Waals surface area contributed by atoms with E-state index in [1.165, 1.54) is 70.6 Å². The summed E-state index contributed by atoms with van der Waals surface area (Å²) >= 11 is 0. The molecule has 0 aliphatic heterocycles. The predicted molar refractivity (Wildman–Crippen MR) is 84.7 cm³/mol. The van der Waals surface area contributed by atoms with Crippen molar-refractivity contribution in [3.05, 3.63) is 0 Å². The van der Waals surface area contributed by atoms with Gasteiger partial charge in [0.15, 0.2) is 0 Å². The summed E-state index contributed by atoms with van der Waals surface area (Å²) in [5.74, 6) is 0.574. The van der Waals surface area contributed by atoms with Crippen molar-refractivity contribution >= 4 is 5.97 Å². The molecule has 0 bridgehead atoms. The summed E-state index contributed by atoms with van der Waals surface area (Å²) in [4.78, 5) is 11.2. The summed E-state index contributed by atoms with van der Waals surface area (Å²) in [6.45, 7) is 3.86. The standard InChI is InChI=1S/C18H34O2/c1-16-13-11-9-7-5-3-4-6-8-10-12-14-18(15-16)20-17(2)19/h16,18H,3-15H2,1-2H3/t16?,18-/m1/s1. The summed E-state index contributed by atoms with van der Waals surface area (Å²) in [5.41, 5.74) is 0. The van der Waals surface area contributed by atoms with Crippen molar-refractivity contribution in [2.75, 3.05) is 0 Å². The van der Waals surface area contributed by atoms with Crippen LogP contribution in [0.25, 0.3) is 0 Å². The Morgan fingerprint density at radius 3 is 1.75 bits per heavy atom. The van der Waals surface area contributed by atoms with E-state index in [1.807, 2.05) is 0 Å². The number of carbonyl (C=O) groups excluding carboxylic acids is 1. The Morgan fingerprint density at radius 2 is 1.25 bits per heavy atom. The van der Waals surface area contributed by atoms with E-state index >= 15 is 0 Å². The maximum absolute atomic E-state index is 11.2. The lowest BCUT2D eigenvalue weighted by Crippen LogP contribution is -2.19. The van der Waals surface area contributed by atoms with E-state index in [4.69, 9.17) is 4.74 Å². The van der Waals surface area contributed by atoms with Crippen LogP contribution in [-0.4, -0.2) is 12.1 Å². The highest BCUT2D eigenvalue weighted by atomic mass is 16.5. The Balaban J connectivity index is 2.38. The lowest BCUT2D eigenvalue weighted by atomic mass is 9.94. The molecule has 0 amide bonds. The van der Waals surface area contributed by atoms with E-state index in [1.54, 1.807) is 6.92 Å². The van der Waals surface area contributed by atoms with Gasteiger partial charge in [-0.2, -0.15) is 0 Å². The van der Waals surface area contributed by atoms with Crippen LogP contribution in [0, 0.1) is 5.92 Å². The first kappa shape index (κ1) is 17.5. The van der Waals surface area contributed by atoms with Crippen LogP contribution in [0.4, 0.5) is 0 Å². The normalized spacial score (nSPS) is 28.1. The molecule has 2 nitrogen and oxygen atoms in total. The Labute approximate surface area is 125 Å². The first-order chi connectivity index (χ1) is 9.68. The topological polar surface area (TPSA) is 26.3 Å². The van der Waals surface area contributed by atoms with Gasteiger partial charge in [0.05, 0.1) is 0 Å². The van der Waals surface area contributed by atoms with Crippen LogP contribution in [0.5, 0.6) is 0 Å². The lowest BCUT2D eigenvalue weighted by Gasteiger charge is -2.21. The number of ether oxygens (including phenoxy) is 1. The SMILES string of the molecule is CC(=O)O[C@@H]1CCCCCCCCCCCCC(C)C1. The first-order valence-electron chi connectivity index (χ1n) is 8.85. The molecule has 0 heterocycles. The van der Waals surface area contributed by atoms with Gasteiger partial charge in [0.1, 0.15) is 6.10 Å². The molecule has 1 saturated carbocycles. The van der Waals surface area contributed by atoms with Gasteiger partial charge in [-0.05, 0) is 25.2 Å². The van der Waals surface area contributed by atoms with Crippen LogP contribution in [0.15, 0.2) is 0 Å². The fourth-order valence-corrected chi connectivity index (χ4v) is 3.31. The molecule has 2 atom stereocenters. The van der Waals surface area contributed by atoms with Crippen molar-refractivity contribution in [1.29, 1.82) is 0 Å². The minimum absolute atomic E-state index is 0.111. The highest BCUT2D eigenvalue weighted by Gasteiger charge is 2.16. The Morgan fingerprint density at radius 1 is 0.800 bits per heavy atom. The molecule has 1 rings (SSSR count). The number of hydrogen-bond acceptors (Lipinski definition) is 2. The molecular weight excluding hydrogens is 248 g/mol. The van der Waals surface area contributed by atoms with Crippen LogP contribution in [0.3, 0.4) is 0 Å². The monoisotopic (exact) mass is 282 g/mol. The minimum Gasteiger partial charge on any atom is -0.463 e. The summed E-state index contributed by atoms with van der Waals surface area (Å²) < 4.78 is 5.51. The zero-order valence-corrected chi connectivity index (χ0v) is 13.7. The van der Waals surface area contributed by atoms with Crippen molar-refractivity contribution in [2.24, 2.45) is 5.92 Å². The Kier molecular flexibility index (Phi) is 9.78. The Bertz CT molecular complexity index is 250. The van der Waals surface area contributed by atoms with Crippen LogP contribution < -0.4 is 0 Å². The molecule has 0 spiro atoms. The fourth-order valence-electron chi connectivity index (χ4n) is 3.31. The number of hydrogen-bond donors (Lipinski definition) is 0. The third-order valence-electron chi connectivity index (χ3n) is 4.47. The molecule has 0 aromatic heterocycles. The van der Waals surface area contributed by atoms with E-state index in [0.717, 1.165) is 12.8 Å².